The number of phenolic OH excluding ortho intramolecular Hbond substituents is 1. The molecule has 1 saturated heterocycles. The topological polar surface area (TPSA) is 32.3 Å². The fourth-order valence-electron chi connectivity index (χ4n) is 1.68. The maximum absolute atomic E-state index is 9.27. The summed E-state index contributed by atoms with van der Waals surface area (Å²) in [6.07, 6.45) is 1.24. The minimum absolute atomic E-state index is 0.342. The van der Waals surface area contributed by atoms with Gasteiger partial charge in [0.15, 0.2) is 0 Å². The third-order valence-electron chi connectivity index (χ3n) is 2.50. The zero-order valence-corrected chi connectivity index (χ0v) is 9.10. The van der Waals surface area contributed by atoms with Crippen LogP contribution in [0.15, 0.2) is 18.2 Å². The van der Waals surface area contributed by atoms with E-state index >= 15 is 0 Å². The molecule has 3 heteroatoms. The van der Waals surface area contributed by atoms with E-state index in [1.54, 1.807) is 12.1 Å². The smallest absolute Gasteiger partial charge is 0.115 e. The Balaban J connectivity index is 2.08. The van der Waals surface area contributed by atoms with Gasteiger partial charge in [-0.05, 0) is 42.9 Å². The maximum atomic E-state index is 9.27. The number of rotatable bonds is 2. The lowest BCUT2D eigenvalue weighted by Gasteiger charge is -2.15. The Bertz CT molecular complexity index is 321. The minimum atomic E-state index is 0.342. The SMILES string of the molecule is Cc1cc(O)ccc1NC1CCSC1. The van der Waals surface area contributed by atoms with E-state index in [1.807, 2.05) is 24.8 Å². The quantitative estimate of drug-likeness (QED) is 0.734. The average Bonchev–Trinajstić information content (AvgIpc) is 2.62. The number of aryl methyl sites for hydroxylation is 1. The highest BCUT2D eigenvalue weighted by Crippen LogP contribution is 2.25. The van der Waals surface area contributed by atoms with Gasteiger partial charge in [-0.3, -0.25) is 0 Å². The first-order valence-electron chi connectivity index (χ1n) is 4.89. The summed E-state index contributed by atoms with van der Waals surface area (Å²) in [5, 5.41) is 12.8. The van der Waals surface area contributed by atoms with Crippen molar-refractivity contribution in [1.29, 1.82) is 0 Å². The van der Waals surface area contributed by atoms with Crippen molar-refractivity contribution in [3.05, 3.63) is 23.8 Å². The van der Waals surface area contributed by atoms with E-state index in [4.69, 9.17) is 0 Å². The van der Waals surface area contributed by atoms with Crippen LogP contribution < -0.4 is 5.32 Å². The van der Waals surface area contributed by atoms with E-state index in [2.05, 4.69) is 5.32 Å². The molecular formula is C11H15NOS. The Kier molecular flexibility index (Phi) is 2.87. The number of anilines is 1. The van der Waals surface area contributed by atoms with Gasteiger partial charge in [-0.15, -0.1) is 0 Å². The molecule has 0 bridgehead atoms. The molecule has 76 valence electrons. The second-order valence-electron chi connectivity index (χ2n) is 3.70. The molecule has 1 unspecified atom stereocenters. The Morgan fingerprint density at radius 2 is 2.36 bits per heavy atom. The normalized spacial score (nSPS) is 21.1. The molecule has 1 aromatic carbocycles. The summed E-state index contributed by atoms with van der Waals surface area (Å²) in [7, 11) is 0. The molecular weight excluding hydrogens is 194 g/mol. The fraction of sp³-hybridized carbons (Fsp3) is 0.455. The molecule has 1 aromatic rings. The van der Waals surface area contributed by atoms with Crippen LogP contribution in [0.1, 0.15) is 12.0 Å². The second-order valence-corrected chi connectivity index (χ2v) is 4.85. The zero-order chi connectivity index (χ0) is 9.97. The molecule has 0 aromatic heterocycles. The third-order valence-corrected chi connectivity index (χ3v) is 3.66. The molecule has 0 radical (unpaired) electrons. The molecule has 1 aliphatic heterocycles. The van der Waals surface area contributed by atoms with Crippen molar-refractivity contribution in [3.63, 3.8) is 0 Å². The molecule has 1 atom stereocenters. The number of hydrogen-bond acceptors (Lipinski definition) is 3. The van der Waals surface area contributed by atoms with Crippen LogP contribution in [0.4, 0.5) is 5.69 Å². The van der Waals surface area contributed by atoms with Gasteiger partial charge in [-0.1, -0.05) is 0 Å². The van der Waals surface area contributed by atoms with Crippen molar-refractivity contribution < 1.29 is 5.11 Å². The van der Waals surface area contributed by atoms with E-state index < -0.39 is 0 Å². The molecule has 0 spiro atoms. The summed E-state index contributed by atoms with van der Waals surface area (Å²) < 4.78 is 0. The zero-order valence-electron chi connectivity index (χ0n) is 8.29. The summed E-state index contributed by atoms with van der Waals surface area (Å²) in [5.74, 6) is 2.80. The highest BCUT2D eigenvalue weighted by molar-refractivity contribution is 7.99. The molecule has 1 heterocycles. The molecule has 0 saturated carbocycles. The van der Waals surface area contributed by atoms with Crippen molar-refractivity contribution in [3.8, 4) is 5.75 Å². The number of aromatic hydroxyl groups is 1. The molecule has 1 fully saturated rings. The van der Waals surface area contributed by atoms with Gasteiger partial charge in [-0.2, -0.15) is 11.8 Å². The van der Waals surface area contributed by atoms with Crippen LogP contribution in [0.2, 0.25) is 0 Å². The lowest BCUT2D eigenvalue weighted by atomic mass is 10.1. The number of thioether (sulfide) groups is 1. The van der Waals surface area contributed by atoms with Crippen molar-refractivity contribution in [1.82, 2.24) is 0 Å². The van der Waals surface area contributed by atoms with Gasteiger partial charge < -0.3 is 10.4 Å². The van der Waals surface area contributed by atoms with E-state index in [9.17, 15) is 5.11 Å². The van der Waals surface area contributed by atoms with Gasteiger partial charge in [0.1, 0.15) is 5.75 Å². The van der Waals surface area contributed by atoms with Crippen LogP contribution in [0.5, 0.6) is 5.75 Å². The summed E-state index contributed by atoms with van der Waals surface area (Å²) in [5.41, 5.74) is 2.26. The summed E-state index contributed by atoms with van der Waals surface area (Å²) in [6.45, 7) is 2.02. The van der Waals surface area contributed by atoms with Crippen LogP contribution in [0, 0.1) is 6.92 Å². The minimum Gasteiger partial charge on any atom is -0.508 e. The lowest BCUT2D eigenvalue weighted by Crippen LogP contribution is -2.18. The Morgan fingerprint density at radius 1 is 1.50 bits per heavy atom. The van der Waals surface area contributed by atoms with Gasteiger partial charge in [0.05, 0.1) is 0 Å². The summed E-state index contributed by atoms with van der Waals surface area (Å²) in [4.78, 5) is 0. The van der Waals surface area contributed by atoms with E-state index in [1.165, 1.54) is 17.9 Å². The van der Waals surface area contributed by atoms with Gasteiger partial charge >= 0.3 is 0 Å². The fourth-order valence-corrected chi connectivity index (χ4v) is 2.83. The van der Waals surface area contributed by atoms with Crippen molar-refractivity contribution in [2.45, 2.75) is 19.4 Å². The predicted molar refractivity (Wildman–Crippen MR) is 62.2 cm³/mol. The molecule has 1 aliphatic rings. The summed E-state index contributed by atoms with van der Waals surface area (Å²) in [6, 6.07) is 6.08. The second kappa shape index (κ2) is 4.13. The van der Waals surface area contributed by atoms with Gasteiger partial charge in [0.2, 0.25) is 0 Å². The van der Waals surface area contributed by atoms with Crippen molar-refractivity contribution in [2.75, 3.05) is 16.8 Å². The first-order valence-corrected chi connectivity index (χ1v) is 6.05. The van der Waals surface area contributed by atoms with Gasteiger partial charge in [0.25, 0.3) is 0 Å². The first-order chi connectivity index (χ1) is 6.75. The predicted octanol–water partition coefficient (Wildman–Crippen LogP) is 2.62. The van der Waals surface area contributed by atoms with E-state index in [0.29, 0.717) is 11.8 Å². The van der Waals surface area contributed by atoms with Crippen LogP contribution in [0.25, 0.3) is 0 Å². The highest BCUT2D eigenvalue weighted by atomic mass is 32.2. The van der Waals surface area contributed by atoms with Crippen molar-refractivity contribution >= 4 is 17.4 Å². The molecule has 0 aliphatic carbocycles. The standard InChI is InChI=1S/C11H15NOS/c1-8-6-10(13)2-3-11(8)12-9-4-5-14-7-9/h2-3,6,9,12-13H,4-5,7H2,1H3. The molecule has 2 N–H and O–H groups in total. The monoisotopic (exact) mass is 209 g/mol. The third kappa shape index (κ3) is 2.15. The van der Waals surface area contributed by atoms with Crippen LogP contribution >= 0.6 is 11.8 Å². The number of phenols is 1. The Hall–Kier alpha value is -0.830. The lowest BCUT2D eigenvalue weighted by molar-refractivity contribution is 0.475. The number of nitrogens with one attached hydrogen (secondary N) is 1. The number of hydrogen-bond donors (Lipinski definition) is 2. The highest BCUT2D eigenvalue weighted by Gasteiger charge is 2.15. The molecule has 2 rings (SSSR count). The Morgan fingerprint density at radius 3 is 3.00 bits per heavy atom. The average molecular weight is 209 g/mol. The van der Waals surface area contributed by atoms with Crippen molar-refractivity contribution in [2.24, 2.45) is 0 Å². The van der Waals surface area contributed by atoms with Crippen LogP contribution in [0.3, 0.4) is 0 Å². The number of benzene rings is 1. The summed E-state index contributed by atoms with van der Waals surface area (Å²) >= 11 is 2.00. The van der Waals surface area contributed by atoms with Crippen LogP contribution in [-0.2, 0) is 0 Å². The molecule has 0 amide bonds. The van der Waals surface area contributed by atoms with E-state index in [0.717, 1.165) is 11.3 Å². The Labute approximate surface area is 88.7 Å². The van der Waals surface area contributed by atoms with E-state index in [-0.39, 0.29) is 0 Å². The first kappa shape index (κ1) is 9.71. The van der Waals surface area contributed by atoms with Crippen LogP contribution in [-0.4, -0.2) is 22.7 Å². The molecule has 2 nitrogen and oxygen atoms in total. The van der Waals surface area contributed by atoms with Gasteiger partial charge in [-0.25, -0.2) is 0 Å². The van der Waals surface area contributed by atoms with Gasteiger partial charge in [0, 0.05) is 17.5 Å². The molecule has 14 heavy (non-hydrogen) atoms. The maximum Gasteiger partial charge on any atom is 0.115 e. The largest absolute Gasteiger partial charge is 0.508 e.